The highest BCUT2D eigenvalue weighted by atomic mass is 31.1. The van der Waals surface area contributed by atoms with Crippen LogP contribution in [0.25, 0.3) is 0 Å². The first kappa shape index (κ1) is 19.9. The minimum absolute atomic E-state index is 0.686. The lowest BCUT2D eigenvalue weighted by Crippen LogP contribution is -2.21. The molecule has 0 atom stereocenters. The second-order valence-corrected chi connectivity index (χ2v) is 9.83. The fourth-order valence-electron chi connectivity index (χ4n) is 4.35. The van der Waals surface area contributed by atoms with Gasteiger partial charge in [-0.3, -0.25) is 0 Å². The van der Waals surface area contributed by atoms with Crippen LogP contribution >= 0.6 is 7.92 Å². The Morgan fingerprint density at radius 3 is 1.59 bits per heavy atom. The monoisotopic (exact) mass is 374 g/mol. The molecular formula is C26H31P. The van der Waals surface area contributed by atoms with Gasteiger partial charge in [-0.15, -0.1) is 0 Å². The van der Waals surface area contributed by atoms with E-state index in [0.717, 1.165) is 6.42 Å². The molecule has 0 aromatic heterocycles. The molecule has 1 aliphatic carbocycles. The molecule has 0 nitrogen and oxygen atoms in total. The number of aryl methyl sites for hydroxylation is 6. The van der Waals surface area contributed by atoms with Crippen molar-refractivity contribution in [2.24, 2.45) is 0 Å². The highest BCUT2D eigenvalue weighted by molar-refractivity contribution is 7.77. The lowest BCUT2D eigenvalue weighted by Gasteiger charge is -2.22. The van der Waals surface area contributed by atoms with Crippen molar-refractivity contribution in [2.75, 3.05) is 0 Å². The van der Waals surface area contributed by atoms with Gasteiger partial charge in [0.05, 0.1) is 0 Å². The van der Waals surface area contributed by atoms with E-state index in [1.165, 1.54) is 68.8 Å². The summed E-state index contributed by atoms with van der Waals surface area (Å²) in [5, 5.41) is 2.91. The predicted octanol–water partition coefficient (Wildman–Crippen LogP) is 6.43. The van der Waals surface area contributed by atoms with E-state index < -0.39 is 7.92 Å². The van der Waals surface area contributed by atoms with Crippen molar-refractivity contribution in [3.8, 4) is 11.6 Å². The highest BCUT2D eigenvalue weighted by Crippen LogP contribution is 2.38. The molecule has 0 unspecified atom stereocenters. The summed E-state index contributed by atoms with van der Waals surface area (Å²) in [4.78, 5) is 0. The van der Waals surface area contributed by atoms with Crippen LogP contribution in [0.1, 0.15) is 59.1 Å². The van der Waals surface area contributed by atoms with Gasteiger partial charge in [-0.25, -0.2) is 0 Å². The van der Waals surface area contributed by atoms with Crippen LogP contribution < -0.4 is 10.6 Å². The molecular weight excluding hydrogens is 343 g/mol. The molecule has 0 aliphatic heterocycles. The van der Waals surface area contributed by atoms with Crippen LogP contribution in [0, 0.1) is 53.1 Å². The Morgan fingerprint density at radius 2 is 1.19 bits per heavy atom. The molecule has 1 heteroatoms. The molecule has 0 N–H and O–H groups in total. The maximum Gasteiger partial charge on any atom is 0.0359 e. The standard InChI is InChI=1S/C26H31P/c1-18-14-20(3)25(21(4)15-18)27(13-12-24-10-8-7-9-11-24)26-22(5)16-19(2)17-23(26)6/h10,14-17H,7-9,11H2,1-6H3. The summed E-state index contributed by atoms with van der Waals surface area (Å²) in [7, 11) is -0.686. The summed E-state index contributed by atoms with van der Waals surface area (Å²) in [6.07, 6.45) is 7.28. The van der Waals surface area contributed by atoms with Crippen molar-refractivity contribution in [1.82, 2.24) is 0 Å². The van der Waals surface area contributed by atoms with Gasteiger partial charge in [0.2, 0.25) is 0 Å². The molecule has 0 heterocycles. The maximum atomic E-state index is 3.77. The average Bonchev–Trinajstić information content (AvgIpc) is 2.58. The molecule has 27 heavy (non-hydrogen) atoms. The van der Waals surface area contributed by atoms with Crippen molar-refractivity contribution in [3.63, 3.8) is 0 Å². The second-order valence-electron chi connectivity index (χ2n) is 8.04. The van der Waals surface area contributed by atoms with Crippen molar-refractivity contribution in [2.45, 2.75) is 67.2 Å². The Bertz CT molecular complexity index is 846. The van der Waals surface area contributed by atoms with Crippen LogP contribution in [0.5, 0.6) is 0 Å². The van der Waals surface area contributed by atoms with Crippen LogP contribution in [-0.2, 0) is 0 Å². The van der Waals surface area contributed by atoms with Crippen molar-refractivity contribution in [3.05, 3.63) is 69.3 Å². The Morgan fingerprint density at radius 1 is 0.704 bits per heavy atom. The zero-order valence-electron chi connectivity index (χ0n) is 17.7. The van der Waals surface area contributed by atoms with E-state index in [4.69, 9.17) is 0 Å². The van der Waals surface area contributed by atoms with E-state index in [-0.39, 0.29) is 0 Å². The normalized spacial score (nSPS) is 14.0. The third kappa shape index (κ3) is 4.54. The third-order valence-corrected chi connectivity index (χ3v) is 7.98. The van der Waals surface area contributed by atoms with Crippen molar-refractivity contribution in [1.29, 1.82) is 0 Å². The number of hydrogen-bond acceptors (Lipinski definition) is 0. The molecule has 3 rings (SSSR count). The van der Waals surface area contributed by atoms with Gasteiger partial charge in [0.15, 0.2) is 0 Å². The molecule has 0 bridgehead atoms. The minimum Gasteiger partial charge on any atom is -0.0729 e. The van der Waals surface area contributed by atoms with E-state index >= 15 is 0 Å². The van der Waals surface area contributed by atoms with E-state index in [1.54, 1.807) is 0 Å². The van der Waals surface area contributed by atoms with Gasteiger partial charge in [-0.2, -0.15) is 0 Å². The molecule has 2 aromatic carbocycles. The van der Waals surface area contributed by atoms with Gasteiger partial charge < -0.3 is 0 Å². The predicted molar refractivity (Wildman–Crippen MR) is 122 cm³/mol. The summed E-state index contributed by atoms with van der Waals surface area (Å²) in [6, 6.07) is 9.27. The lowest BCUT2D eigenvalue weighted by atomic mass is 10.0. The summed E-state index contributed by atoms with van der Waals surface area (Å²) in [6.45, 7) is 13.4. The van der Waals surface area contributed by atoms with Crippen LogP contribution in [0.15, 0.2) is 35.9 Å². The lowest BCUT2D eigenvalue weighted by molar-refractivity contribution is 0.715. The molecule has 0 radical (unpaired) electrons. The third-order valence-electron chi connectivity index (χ3n) is 5.34. The van der Waals surface area contributed by atoms with Crippen LogP contribution in [0.4, 0.5) is 0 Å². The molecule has 0 spiro atoms. The first-order chi connectivity index (χ1) is 12.9. The van der Waals surface area contributed by atoms with Crippen LogP contribution in [0.2, 0.25) is 0 Å². The first-order valence-corrected chi connectivity index (χ1v) is 11.4. The van der Waals surface area contributed by atoms with Crippen LogP contribution in [0.3, 0.4) is 0 Å². The van der Waals surface area contributed by atoms with Gasteiger partial charge in [-0.05, 0) is 106 Å². The average molecular weight is 375 g/mol. The molecule has 1 aliphatic rings. The van der Waals surface area contributed by atoms with Crippen LogP contribution in [-0.4, -0.2) is 0 Å². The second kappa shape index (κ2) is 8.46. The SMILES string of the molecule is Cc1cc(C)c(P(C#CC2=CCCCC2)c2c(C)cc(C)cc2C)c(C)c1. The summed E-state index contributed by atoms with van der Waals surface area (Å²) >= 11 is 0. The topological polar surface area (TPSA) is 0 Å². The van der Waals surface area contributed by atoms with E-state index in [1.807, 2.05) is 0 Å². The maximum absolute atomic E-state index is 3.77. The zero-order valence-corrected chi connectivity index (χ0v) is 18.6. The quantitative estimate of drug-likeness (QED) is 0.420. The van der Waals surface area contributed by atoms with Gasteiger partial charge in [0, 0.05) is 7.92 Å². The Balaban J connectivity index is 2.20. The summed E-state index contributed by atoms with van der Waals surface area (Å²) < 4.78 is 0. The van der Waals surface area contributed by atoms with Gasteiger partial charge in [0.25, 0.3) is 0 Å². The van der Waals surface area contributed by atoms with Gasteiger partial charge >= 0.3 is 0 Å². The van der Waals surface area contributed by atoms with Gasteiger partial charge in [0.1, 0.15) is 0 Å². The smallest absolute Gasteiger partial charge is 0.0359 e. The zero-order chi connectivity index (χ0) is 19.6. The fourth-order valence-corrected chi connectivity index (χ4v) is 6.72. The summed E-state index contributed by atoms with van der Waals surface area (Å²) in [5.74, 6) is 3.60. The van der Waals surface area contributed by atoms with Crippen molar-refractivity contribution >= 4 is 18.5 Å². The summed E-state index contributed by atoms with van der Waals surface area (Å²) in [5.41, 5.74) is 13.3. The number of rotatable bonds is 2. The van der Waals surface area contributed by atoms with E-state index in [9.17, 15) is 0 Å². The molecule has 0 fully saturated rings. The fraction of sp³-hybridized carbons (Fsp3) is 0.385. The number of benzene rings is 2. The Hall–Kier alpha value is -1.83. The largest absolute Gasteiger partial charge is 0.0729 e. The number of allylic oxidation sites excluding steroid dienone is 2. The molecule has 0 amide bonds. The van der Waals surface area contributed by atoms with E-state index in [2.05, 4.69) is 83.5 Å². The Labute approximate surface area is 166 Å². The van der Waals surface area contributed by atoms with Gasteiger partial charge in [-0.1, -0.05) is 53.1 Å². The highest BCUT2D eigenvalue weighted by Gasteiger charge is 2.21. The molecule has 0 saturated heterocycles. The first-order valence-electron chi connectivity index (χ1n) is 10.0. The minimum atomic E-state index is -0.686. The Kier molecular flexibility index (Phi) is 6.24. The number of hydrogen-bond donors (Lipinski definition) is 0. The van der Waals surface area contributed by atoms with E-state index in [0.29, 0.717) is 0 Å². The molecule has 0 saturated carbocycles. The van der Waals surface area contributed by atoms with Crippen molar-refractivity contribution < 1.29 is 0 Å². The molecule has 2 aromatic rings. The molecule has 140 valence electrons.